The summed E-state index contributed by atoms with van der Waals surface area (Å²) in [5, 5.41) is 8.82. The van der Waals surface area contributed by atoms with Gasteiger partial charge in [-0.2, -0.15) is 0 Å². The summed E-state index contributed by atoms with van der Waals surface area (Å²) in [7, 11) is 0. The Morgan fingerprint density at radius 2 is 1.76 bits per heavy atom. The predicted molar refractivity (Wildman–Crippen MR) is 69.7 cm³/mol. The summed E-state index contributed by atoms with van der Waals surface area (Å²) in [6.45, 7) is 12.2. The Bertz CT molecular complexity index is 248. The molecule has 0 saturated heterocycles. The summed E-state index contributed by atoms with van der Waals surface area (Å²) in [6, 6.07) is 0. The molecular weight excluding hydrogens is 216 g/mol. The van der Waals surface area contributed by atoms with E-state index in [4.69, 9.17) is 9.84 Å². The zero-order valence-corrected chi connectivity index (χ0v) is 12.2. The molecule has 0 aromatic rings. The Labute approximate surface area is 106 Å². The Balaban J connectivity index is 4.81. The first-order valence-corrected chi connectivity index (χ1v) is 6.57. The van der Waals surface area contributed by atoms with E-state index in [0.717, 1.165) is 12.8 Å². The lowest BCUT2D eigenvalue weighted by molar-refractivity contribution is -0.168. The molecule has 0 saturated carbocycles. The van der Waals surface area contributed by atoms with Crippen LogP contribution in [0.4, 0.5) is 0 Å². The van der Waals surface area contributed by atoms with Gasteiger partial charge in [-0.15, -0.1) is 0 Å². The van der Waals surface area contributed by atoms with E-state index in [0.29, 0.717) is 6.42 Å². The zero-order valence-electron chi connectivity index (χ0n) is 12.2. The molecule has 3 heteroatoms. The van der Waals surface area contributed by atoms with E-state index in [1.165, 1.54) is 0 Å². The van der Waals surface area contributed by atoms with Crippen molar-refractivity contribution < 1.29 is 14.6 Å². The van der Waals surface area contributed by atoms with E-state index in [2.05, 4.69) is 20.8 Å². The molecule has 2 unspecified atom stereocenters. The van der Waals surface area contributed by atoms with Crippen molar-refractivity contribution in [3.8, 4) is 0 Å². The number of hydrogen-bond acceptors (Lipinski definition) is 3. The molecule has 0 heterocycles. The van der Waals surface area contributed by atoms with Crippen molar-refractivity contribution in [3.05, 3.63) is 0 Å². The second-order valence-electron chi connectivity index (χ2n) is 5.65. The van der Waals surface area contributed by atoms with Crippen molar-refractivity contribution in [2.45, 2.75) is 66.9 Å². The molecule has 0 amide bonds. The van der Waals surface area contributed by atoms with Gasteiger partial charge in [-0.05, 0) is 32.1 Å². The topological polar surface area (TPSA) is 46.5 Å². The molecule has 0 aromatic heterocycles. The number of carbonyl (C=O) groups is 1. The lowest BCUT2D eigenvalue weighted by Gasteiger charge is -2.41. The van der Waals surface area contributed by atoms with Gasteiger partial charge in [0.15, 0.2) is 0 Å². The summed E-state index contributed by atoms with van der Waals surface area (Å²) in [5.74, 6) is -0.146. The van der Waals surface area contributed by atoms with Crippen LogP contribution < -0.4 is 0 Å². The van der Waals surface area contributed by atoms with Gasteiger partial charge in [-0.25, -0.2) is 0 Å². The van der Waals surface area contributed by atoms with Crippen molar-refractivity contribution in [3.63, 3.8) is 0 Å². The molecule has 102 valence electrons. The van der Waals surface area contributed by atoms with E-state index in [-0.39, 0.29) is 24.1 Å². The number of carbonyl (C=O) groups excluding carboxylic acids is 1. The van der Waals surface area contributed by atoms with Gasteiger partial charge < -0.3 is 9.84 Å². The molecule has 17 heavy (non-hydrogen) atoms. The minimum atomic E-state index is -0.467. The molecule has 1 N–H and O–H groups in total. The molecule has 0 bridgehead atoms. The Morgan fingerprint density at radius 1 is 1.24 bits per heavy atom. The summed E-state index contributed by atoms with van der Waals surface area (Å²) in [5.41, 5.74) is -0.552. The van der Waals surface area contributed by atoms with Crippen LogP contribution in [0.3, 0.4) is 0 Å². The molecule has 0 aliphatic rings. The smallest absolute Gasteiger partial charge is 0.312 e. The fraction of sp³-hybridized carbons (Fsp3) is 0.929. The molecule has 0 aliphatic carbocycles. The average Bonchev–Trinajstić information content (AvgIpc) is 2.27. The summed E-state index contributed by atoms with van der Waals surface area (Å²) < 4.78 is 5.44. The lowest BCUT2D eigenvalue weighted by Crippen LogP contribution is -2.43. The van der Waals surface area contributed by atoms with Gasteiger partial charge in [-0.1, -0.05) is 27.7 Å². The fourth-order valence-electron chi connectivity index (χ4n) is 1.84. The van der Waals surface area contributed by atoms with Crippen LogP contribution in [0.2, 0.25) is 0 Å². The van der Waals surface area contributed by atoms with Gasteiger partial charge in [0.2, 0.25) is 0 Å². The van der Waals surface area contributed by atoms with Crippen LogP contribution in [0.15, 0.2) is 0 Å². The van der Waals surface area contributed by atoms with Crippen LogP contribution in [0, 0.1) is 10.8 Å². The number of ether oxygens (including phenoxy) is 1. The minimum absolute atomic E-state index is 0.0501. The quantitative estimate of drug-likeness (QED) is 0.700. The highest BCUT2D eigenvalue weighted by molar-refractivity contribution is 5.77. The van der Waals surface area contributed by atoms with Crippen molar-refractivity contribution >= 4 is 5.97 Å². The molecule has 2 atom stereocenters. The number of rotatable bonds is 7. The van der Waals surface area contributed by atoms with E-state index < -0.39 is 5.41 Å². The van der Waals surface area contributed by atoms with Gasteiger partial charge in [0.25, 0.3) is 0 Å². The van der Waals surface area contributed by atoms with Gasteiger partial charge in [-0.3, -0.25) is 4.79 Å². The molecule has 0 aliphatic heterocycles. The zero-order chi connectivity index (χ0) is 13.7. The average molecular weight is 244 g/mol. The van der Waals surface area contributed by atoms with Gasteiger partial charge in [0, 0.05) is 13.0 Å². The van der Waals surface area contributed by atoms with E-state index in [9.17, 15) is 4.79 Å². The first-order chi connectivity index (χ1) is 7.75. The second kappa shape index (κ2) is 6.39. The second-order valence-corrected chi connectivity index (χ2v) is 5.65. The molecular formula is C14H28O3. The molecule has 0 aromatic carbocycles. The van der Waals surface area contributed by atoms with Crippen molar-refractivity contribution in [1.29, 1.82) is 0 Å². The van der Waals surface area contributed by atoms with Crippen LogP contribution in [0.5, 0.6) is 0 Å². The Hall–Kier alpha value is -0.570. The highest BCUT2D eigenvalue weighted by Crippen LogP contribution is 2.45. The van der Waals surface area contributed by atoms with Gasteiger partial charge >= 0.3 is 5.97 Å². The maximum Gasteiger partial charge on any atom is 0.312 e. The molecule has 3 nitrogen and oxygen atoms in total. The Morgan fingerprint density at radius 3 is 2.12 bits per heavy atom. The summed E-state index contributed by atoms with van der Waals surface area (Å²) in [4.78, 5) is 12.3. The molecule has 0 radical (unpaired) electrons. The van der Waals surface area contributed by atoms with Crippen LogP contribution in [0.1, 0.15) is 60.8 Å². The number of aliphatic hydroxyl groups is 1. The third-order valence-electron chi connectivity index (χ3n) is 4.38. The highest BCUT2D eigenvalue weighted by atomic mass is 16.5. The van der Waals surface area contributed by atoms with E-state index in [1.807, 2.05) is 20.8 Å². The third-order valence-corrected chi connectivity index (χ3v) is 4.38. The monoisotopic (exact) mass is 244 g/mol. The first kappa shape index (κ1) is 16.4. The highest BCUT2D eigenvalue weighted by Gasteiger charge is 2.46. The maximum absolute atomic E-state index is 12.3. The number of esters is 1. The van der Waals surface area contributed by atoms with Crippen LogP contribution in [-0.2, 0) is 9.53 Å². The number of hydrogen-bond donors (Lipinski definition) is 1. The minimum Gasteiger partial charge on any atom is -0.462 e. The fourth-order valence-corrected chi connectivity index (χ4v) is 1.84. The Kier molecular flexibility index (Phi) is 6.17. The normalized spacial score (nSPS) is 17.4. The lowest BCUT2D eigenvalue weighted by atomic mass is 9.63. The third kappa shape index (κ3) is 3.70. The van der Waals surface area contributed by atoms with E-state index >= 15 is 0 Å². The largest absolute Gasteiger partial charge is 0.462 e. The summed E-state index contributed by atoms with van der Waals surface area (Å²) in [6.07, 6.45) is 1.98. The first-order valence-electron chi connectivity index (χ1n) is 6.57. The number of aliphatic hydroxyl groups excluding tert-OH is 1. The SMILES string of the molecule is CCC(C)(C)C(C)(CC)C(=O)OC(C)CCO. The van der Waals surface area contributed by atoms with E-state index in [1.54, 1.807) is 0 Å². The van der Waals surface area contributed by atoms with Crippen LogP contribution in [0.25, 0.3) is 0 Å². The summed E-state index contributed by atoms with van der Waals surface area (Å²) >= 11 is 0. The van der Waals surface area contributed by atoms with Gasteiger partial charge in [0.1, 0.15) is 6.10 Å². The van der Waals surface area contributed by atoms with Gasteiger partial charge in [0.05, 0.1) is 5.41 Å². The van der Waals surface area contributed by atoms with Crippen LogP contribution >= 0.6 is 0 Å². The molecule has 0 fully saturated rings. The van der Waals surface area contributed by atoms with Crippen molar-refractivity contribution in [2.75, 3.05) is 6.61 Å². The van der Waals surface area contributed by atoms with Crippen molar-refractivity contribution in [1.82, 2.24) is 0 Å². The predicted octanol–water partition coefficient (Wildman–Crippen LogP) is 3.15. The van der Waals surface area contributed by atoms with Crippen molar-refractivity contribution in [2.24, 2.45) is 10.8 Å². The molecule has 0 spiro atoms. The standard InChI is InChI=1S/C14H28O3/c1-7-13(4,5)14(6,8-2)12(16)17-11(3)9-10-15/h11,15H,7-10H2,1-6H3. The molecule has 0 rings (SSSR count). The maximum atomic E-state index is 12.3. The van der Waals surface area contributed by atoms with Crippen LogP contribution in [-0.4, -0.2) is 23.8 Å².